The highest BCUT2D eigenvalue weighted by atomic mass is 32.2. The number of phenols is 1. The van der Waals surface area contributed by atoms with Gasteiger partial charge in [0.2, 0.25) is 15.9 Å². The zero-order valence-electron chi connectivity index (χ0n) is 14.7. The van der Waals surface area contributed by atoms with E-state index in [1.54, 1.807) is 24.4 Å². The van der Waals surface area contributed by atoms with Crippen molar-refractivity contribution in [1.82, 2.24) is 9.97 Å². The molecule has 4 N–H and O–H groups in total. The smallest absolute Gasteiger partial charge is 0.229 e. The molecular weight excluding hydrogens is 385 g/mol. The van der Waals surface area contributed by atoms with E-state index in [0.29, 0.717) is 11.8 Å². The average Bonchev–Trinajstić information content (AvgIpc) is 3.02. The van der Waals surface area contributed by atoms with Gasteiger partial charge in [-0.15, -0.1) is 0 Å². The molecule has 0 aliphatic rings. The Morgan fingerprint density at radius 1 is 1.14 bits per heavy atom. The molecule has 0 spiro atoms. The Bertz CT molecular complexity index is 1320. The lowest BCUT2D eigenvalue weighted by Gasteiger charge is -2.13. The number of fused-ring (bicyclic) bond motifs is 2. The molecule has 0 bridgehead atoms. The first kappa shape index (κ1) is 18.1. The summed E-state index contributed by atoms with van der Waals surface area (Å²) in [6, 6.07) is 7.78. The quantitative estimate of drug-likeness (QED) is 0.392. The van der Waals surface area contributed by atoms with Gasteiger partial charge >= 0.3 is 0 Å². The molecule has 2 aromatic carbocycles. The summed E-state index contributed by atoms with van der Waals surface area (Å²) in [5.74, 6) is -0.952. The lowest BCUT2D eigenvalue weighted by molar-refractivity contribution is 0.454. The lowest BCUT2D eigenvalue weighted by Crippen LogP contribution is -2.10. The Balaban J connectivity index is 1.94. The first-order valence-corrected chi connectivity index (χ1v) is 10.2. The Hall–Kier alpha value is -3.33. The molecule has 144 valence electrons. The number of anilines is 1. The molecule has 4 aromatic rings. The standard InChI is InChI=1S/C19H16FN3O4S/c1-28(26,27)23-16-13-7-11(6-10-2-4-12(20)5-3-10)8-21-17(13)18(24)15-14(16)9-22-19(15)25/h2-5,7-9,21,23-25H,6H2,1H3. The highest BCUT2D eigenvalue weighted by Gasteiger charge is 2.21. The Labute approximate surface area is 159 Å². The highest BCUT2D eigenvalue weighted by molar-refractivity contribution is 7.92. The van der Waals surface area contributed by atoms with Gasteiger partial charge in [-0.05, 0) is 35.7 Å². The molecule has 0 unspecified atom stereocenters. The first-order chi connectivity index (χ1) is 13.2. The van der Waals surface area contributed by atoms with Gasteiger partial charge in [-0.1, -0.05) is 12.1 Å². The minimum Gasteiger partial charge on any atom is -0.505 e. The molecule has 0 fully saturated rings. The zero-order valence-corrected chi connectivity index (χ0v) is 15.5. The van der Waals surface area contributed by atoms with E-state index < -0.39 is 15.9 Å². The molecule has 0 saturated carbocycles. The van der Waals surface area contributed by atoms with Crippen LogP contribution in [0.15, 0.2) is 42.7 Å². The van der Waals surface area contributed by atoms with Crippen LogP contribution in [0.5, 0.6) is 11.6 Å². The number of aromatic amines is 1. The number of halogens is 1. The van der Waals surface area contributed by atoms with Crippen LogP contribution in [0.2, 0.25) is 0 Å². The molecule has 2 heterocycles. The van der Waals surface area contributed by atoms with Gasteiger partial charge in [0.15, 0.2) is 5.75 Å². The SMILES string of the molecule is CS(=O)(=O)Nc1c2cc(Cc3ccc(F)cc3)c[nH]c2c(O)c2c(O)ncc12. The number of nitrogens with zero attached hydrogens (tertiary/aromatic N) is 1. The van der Waals surface area contributed by atoms with Gasteiger partial charge in [0.25, 0.3) is 0 Å². The van der Waals surface area contributed by atoms with E-state index in [1.165, 1.54) is 18.3 Å². The molecule has 0 radical (unpaired) electrons. The molecule has 0 aliphatic heterocycles. The van der Waals surface area contributed by atoms with Gasteiger partial charge in [0.1, 0.15) is 5.82 Å². The number of benzene rings is 2. The van der Waals surface area contributed by atoms with Crippen LogP contribution in [-0.4, -0.2) is 34.9 Å². The summed E-state index contributed by atoms with van der Waals surface area (Å²) >= 11 is 0. The van der Waals surface area contributed by atoms with E-state index in [0.717, 1.165) is 17.4 Å². The number of pyridine rings is 1. The molecule has 2 aromatic heterocycles. The zero-order chi connectivity index (χ0) is 20.1. The second-order valence-corrected chi connectivity index (χ2v) is 8.32. The maximum Gasteiger partial charge on any atom is 0.229 e. The average molecular weight is 401 g/mol. The summed E-state index contributed by atoms with van der Waals surface area (Å²) in [4.78, 5) is 6.74. The van der Waals surface area contributed by atoms with Crippen LogP contribution in [0, 0.1) is 5.82 Å². The minimum absolute atomic E-state index is 0.0567. The molecule has 0 aliphatic carbocycles. The van der Waals surface area contributed by atoms with E-state index in [4.69, 9.17) is 0 Å². The maximum absolute atomic E-state index is 13.1. The highest BCUT2D eigenvalue weighted by Crippen LogP contribution is 2.44. The second-order valence-electron chi connectivity index (χ2n) is 6.57. The second kappa shape index (κ2) is 6.38. The number of H-pyrrole nitrogens is 1. The van der Waals surface area contributed by atoms with Crippen molar-refractivity contribution in [2.45, 2.75) is 6.42 Å². The van der Waals surface area contributed by atoms with Crippen LogP contribution in [0.4, 0.5) is 10.1 Å². The fourth-order valence-corrected chi connectivity index (χ4v) is 3.83. The van der Waals surface area contributed by atoms with Crippen molar-refractivity contribution in [2.75, 3.05) is 11.0 Å². The van der Waals surface area contributed by atoms with E-state index in [2.05, 4.69) is 14.7 Å². The topological polar surface area (TPSA) is 115 Å². The fourth-order valence-electron chi connectivity index (χ4n) is 3.24. The van der Waals surface area contributed by atoms with Crippen LogP contribution in [-0.2, 0) is 16.4 Å². The summed E-state index contributed by atoms with van der Waals surface area (Å²) in [5.41, 5.74) is 2.11. The third kappa shape index (κ3) is 3.20. The number of nitrogens with one attached hydrogen (secondary N) is 2. The van der Waals surface area contributed by atoms with Gasteiger partial charge in [0.05, 0.1) is 22.8 Å². The van der Waals surface area contributed by atoms with Crippen molar-refractivity contribution in [3.63, 3.8) is 0 Å². The molecule has 4 rings (SSSR count). The third-order valence-corrected chi connectivity index (χ3v) is 5.01. The molecule has 0 atom stereocenters. The summed E-state index contributed by atoms with van der Waals surface area (Å²) in [6.07, 6.45) is 4.44. The van der Waals surface area contributed by atoms with Crippen molar-refractivity contribution in [3.05, 3.63) is 59.7 Å². The third-order valence-electron chi connectivity index (χ3n) is 4.43. The van der Waals surface area contributed by atoms with Crippen molar-refractivity contribution in [1.29, 1.82) is 0 Å². The maximum atomic E-state index is 13.1. The number of hydrogen-bond donors (Lipinski definition) is 4. The molecule has 0 saturated heterocycles. The van der Waals surface area contributed by atoms with Crippen LogP contribution >= 0.6 is 0 Å². The van der Waals surface area contributed by atoms with Gasteiger partial charge < -0.3 is 15.2 Å². The number of hydrogen-bond acceptors (Lipinski definition) is 5. The Kier molecular flexibility index (Phi) is 4.11. The summed E-state index contributed by atoms with van der Waals surface area (Å²) in [7, 11) is -3.64. The Morgan fingerprint density at radius 2 is 1.86 bits per heavy atom. The molecule has 7 nitrogen and oxygen atoms in total. The monoisotopic (exact) mass is 401 g/mol. The van der Waals surface area contributed by atoms with Crippen molar-refractivity contribution in [3.8, 4) is 11.6 Å². The molecule has 28 heavy (non-hydrogen) atoms. The first-order valence-electron chi connectivity index (χ1n) is 8.29. The van der Waals surface area contributed by atoms with Crippen molar-refractivity contribution >= 4 is 37.4 Å². The van der Waals surface area contributed by atoms with Crippen LogP contribution in [0.3, 0.4) is 0 Å². The summed E-state index contributed by atoms with van der Waals surface area (Å²) in [6.45, 7) is 0. The number of rotatable bonds is 4. The molecular formula is C19H16FN3O4S. The predicted octanol–water partition coefficient (Wildman–Crippen LogP) is 3.23. The van der Waals surface area contributed by atoms with E-state index in [1.807, 2.05) is 0 Å². The van der Waals surface area contributed by atoms with Crippen LogP contribution < -0.4 is 4.72 Å². The van der Waals surface area contributed by atoms with E-state index in [-0.39, 0.29) is 33.5 Å². The van der Waals surface area contributed by atoms with Crippen LogP contribution in [0.1, 0.15) is 11.1 Å². The molecule has 9 heteroatoms. The van der Waals surface area contributed by atoms with Gasteiger partial charge in [-0.2, -0.15) is 0 Å². The van der Waals surface area contributed by atoms with Crippen LogP contribution in [0.25, 0.3) is 21.7 Å². The van der Waals surface area contributed by atoms with Gasteiger partial charge in [-0.25, -0.2) is 17.8 Å². The van der Waals surface area contributed by atoms with Crippen molar-refractivity contribution < 1.29 is 23.0 Å². The minimum atomic E-state index is -3.64. The number of phenolic OH excluding ortho intramolecular Hbond substituents is 1. The number of sulfonamides is 1. The summed E-state index contributed by atoms with van der Waals surface area (Å²) in [5, 5.41) is 21.3. The largest absolute Gasteiger partial charge is 0.505 e. The summed E-state index contributed by atoms with van der Waals surface area (Å²) < 4.78 is 39.3. The van der Waals surface area contributed by atoms with E-state index in [9.17, 15) is 23.0 Å². The van der Waals surface area contributed by atoms with Gasteiger partial charge in [0, 0.05) is 23.2 Å². The fraction of sp³-hybridized carbons (Fsp3) is 0.105. The predicted molar refractivity (Wildman–Crippen MR) is 105 cm³/mol. The Morgan fingerprint density at radius 3 is 2.54 bits per heavy atom. The number of aromatic nitrogens is 2. The lowest BCUT2D eigenvalue weighted by atomic mass is 10.0. The number of aromatic hydroxyl groups is 2. The normalized spacial score (nSPS) is 11.9. The van der Waals surface area contributed by atoms with E-state index >= 15 is 0 Å². The van der Waals surface area contributed by atoms with Crippen molar-refractivity contribution in [2.24, 2.45) is 0 Å². The molecule has 0 amide bonds. The van der Waals surface area contributed by atoms with Gasteiger partial charge in [-0.3, -0.25) is 4.72 Å².